The molecule has 2 aromatic carbocycles. The first kappa shape index (κ1) is 17.0. The maximum absolute atomic E-state index is 12.6. The molecule has 134 valence electrons. The number of rotatable bonds is 2. The average molecular weight is 380 g/mol. The van der Waals surface area contributed by atoms with Crippen molar-refractivity contribution < 1.29 is 23.1 Å². The molecule has 0 spiro atoms. The van der Waals surface area contributed by atoms with E-state index in [9.17, 15) is 23.1 Å². The van der Waals surface area contributed by atoms with Crippen LogP contribution in [-0.2, 0) is 19.4 Å². The number of aliphatic carboxylic acids is 1. The van der Waals surface area contributed by atoms with Gasteiger partial charge in [-0.3, -0.25) is 9.59 Å². The third-order valence-electron chi connectivity index (χ3n) is 4.72. The molecule has 0 saturated heterocycles. The van der Waals surface area contributed by atoms with Gasteiger partial charge in [0.1, 0.15) is 11.8 Å². The van der Waals surface area contributed by atoms with Crippen LogP contribution in [0.3, 0.4) is 0 Å². The van der Waals surface area contributed by atoms with Gasteiger partial charge >= 0.3 is 5.97 Å². The van der Waals surface area contributed by atoms with Crippen molar-refractivity contribution in [1.82, 2.24) is 5.32 Å². The summed E-state index contributed by atoms with van der Waals surface area (Å²) in [6, 6.07) is 12.9. The van der Waals surface area contributed by atoms with Gasteiger partial charge in [0.15, 0.2) is 0 Å². The molecule has 2 unspecified atom stereocenters. The minimum atomic E-state index is -3.60. The number of nitrogens with one attached hydrogen (secondary N) is 1. The first-order valence-corrected chi connectivity index (χ1v) is 9.47. The van der Waals surface area contributed by atoms with E-state index in [1.165, 1.54) is 24.3 Å². The van der Waals surface area contributed by atoms with Crippen LogP contribution in [-0.4, -0.2) is 25.4 Å². The normalized spacial score (nSPS) is 22.0. The second kappa shape index (κ2) is 5.79. The molecule has 2 aliphatic rings. The van der Waals surface area contributed by atoms with E-state index in [-0.39, 0.29) is 15.5 Å². The lowest BCUT2D eigenvalue weighted by Gasteiger charge is -2.23. The maximum atomic E-state index is 12.6. The Hall–Kier alpha value is -3.44. The Morgan fingerprint density at radius 2 is 1.81 bits per heavy atom. The SMILES string of the molecule is N#CC1C(=O)NC(c2ccc3c(c2)-c2ccccc2S3(=O)=O)=CC1C(=O)O. The highest BCUT2D eigenvalue weighted by molar-refractivity contribution is 7.92. The van der Waals surface area contributed by atoms with Crippen molar-refractivity contribution in [2.24, 2.45) is 11.8 Å². The first-order valence-electron chi connectivity index (χ1n) is 7.98. The van der Waals surface area contributed by atoms with E-state index >= 15 is 0 Å². The highest BCUT2D eigenvalue weighted by atomic mass is 32.2. The Morgan fingerprint density at radius 3 is 2.52 bits per heavy atom. The van der Waals surface area contributed by atoms with Gasteiger partial charge in [0.25, 0.3) is 0 Å². The fraction of sp³-hybridized carbons (Fsp3) is 0.105. The molecule has 1 amide bonds. The summed E-state index contributed by atoms with van der Waals surface area (Å²) < 4.78 is 25.3. The molecule has 7 nitrogen and oxygen atoms in total. The Balaban J connectivity index is 1.87. The van der Waals surface area contributed by atoms with Crippen molar-refractivity contribution in [1.29, 1.82) is 5.26 Å². The highest BCUT2D eigenvalue weighted by Crippen LogP contribution is 2.44. The molecule has 4 rings (SSSR count). The maximum Gasteiger partial charge on any atom is 0.312 e. The van der Waals surface area contributed by atoms with E-state index in [0.717, 1.165) is 0 Å². The van der Waals surface area contributed by atoms with Crippen molar-refractivity contribution in [2.45, 2.75) is 9.79 Å². The van der Waals surface area contributed by atoms with Gasteiger partial charge in [-0.05, 0) is 29.8 Å². The molecule has 0 saturated carbocycles. The van der Waals surface area contributed by atoms with Gasteiger partial charge in [-0.15, -0.1) is 0 Å². The molecule has 0 bridgehead atoms. The fourth-order valence-electron chi connectivity index (χ4n) is 3.40. The zero-order valence-electron chi connectivity index (χ0n) is 13.7. The van der Waals surface area contributed by atoms with Gasteiger partial charge in [-0.25, -0.2) is 8.42 Å². The number of amides is 1. The van der Waals surface area contributed by atoms with Crippen LogP contribution in [0.4, 0.5) is 0 Å². The van der Waals surface area contributed by atoms with Gasteiger partial charge in [0.05, 0.1) is 15.9 Å². The Labute approximate surface area is 154 Å². The molecule has 2 aliphatic heterocycles. The number of carbonyl (C=O) groups is 2. The summed E-state index contributed by atoms with van der Waals surface area (Å²) in [6.07, 6.45) is 1.31. The number of carboxylic acids is 1. The number of benzene rings is 2. The van der Waals surface area contributed by atoms with Crippen LogP contribution in [0.15, 0.2) is 58.3 Å². The molecule has 27 heavy (non-hydrogen) atoms. The number of fused-ring (bicyclic) bond motifs is 3. The number of nitrogens with zero attached hydrogens (tertiary/aromatic N) is 1. The largest absolute Gasteiger partial charge is 0.481 e. The molecule has 0 fully saturated rings. The molecule has 0 aliphatic carbocycles. The summed E-state index contributed by atoms with van der Waals surface area (Å²) in [5.74, 6) is -4.57. The van der Waals surface area contributed by atoms with E-state index in [0.29, 0.717) is 16.7 Å². The number of carboxylic acid groups (broad SMARTS) is 1. The number of carbonyl (C=O) groups excluding carboxylic acids is 1. The van der Waals surface area contributed by atoms with Crippen molar-refractivity contribution in [3.05, 3.63) is 54.1 Å². The van der Waals surface area contributed by atoms with E-state index in [4.69, 9.17) is 5.26 Å². The van der Waals surface area contributed by atoms with Crippen LogP contribution in [0.25, 0.3) is 16.8 Å². The Bertz CT molecular complexity index is 1190. The summed E-state index contributed by atoms with van der Waals surface area (Å²) in [4.78, 5) is 23.9. The van der Waals surface area contributed by atoms with E-state index in [1.54, 1.807) is 30.3 Å². The molecular formula is C19H12N2O5S. The van der Waals surface area contributed by atoms with Crippen LogP contribution >= 0.6 is 0 Å². The minimum absolute atomic E-state index is 0.167. The predicted molar refractivity (Wildman–Crippen MR) is 93.7 cm³/mol. The molecule has 2 aromatic rings. The lowest BCUT2D eigenvalue weighted by atomic mass is 9.87. The summed E-state index contributed by atoms with van der Waals surface area (Å²) in [6.45, 7) is 0. The quantitative estimate of drug-likeness (QED) is 0.699. The number of hydrogen-bond donors (Lipinski definition) is 2. The Morgan fingerprint density at radius 1 is 1.11 bits per heavy atom. The zero-order chi connectivity index (χ0) is 19.3. The molecule has 0 radical (unpaired) electrons. The molecule has 8 heteroatoms. The molecule has 2 N–H and O–H groups in total. The zero-order valence-corrected chi connectivity index (χ0v) is 14.5. The minimum Gasteiger partial charge on any atom is -0.481 e. The molecular weight excluding hydrogens is 368 g/mol. The number of sulfone groups is 1. The monoisotopic (exact) mass is 380 g/mol. The van der Waals surface area contributed by atoms with Crippen LogP contribution in [0.5, 0.6) is 0 Å². The second-order valence-electron chi connectivity index (χ2n) is 6.25. The van der Waals surface area contributed by atoms with Crippen LogP contribution in [0, 0.1) is 23.2 Å². The van der Waals surface area contributed by atoms with Gasteiger partial charge in [-0.2, -0.15) is 5.26 Å². The van der Waals surface area contributed by atoms with Gasteiger partial charge in [0.2, 0.25) is 15.7 Å². The number of nitriles is 1. The third-order valence-corrected chi connectivity index (χ3v) is 6.59. The topological polar surface area (TPSA) is 124 Å². The van der Waals surface area contributed by atoms with Gasteiger partial charge in [-0.1, -0.05) is 24.3 Å². The lowest BCUT2D eigenvalue weighted by molar-refractivity contribution is -0.144. The van der Waals surface area contributed by atoms with Crippen LogP contribution in [0.2, 0.25) is 0 Å². The standard InChI is InChI=1S/C19H12N2O5S/c20-9-14-13(19(23)24)8-15(21-18(14)22)10-5-6-17-12(7-10)11-3-1-2-4-16(11)27(17,25)26/h1-8,13-14H,(H,21,22)(H,23,24). The fourth-order valence-corrected chi connectivity index (χ4v) is 5.06. The van der Waals surface area contributed by atoms with E-state index in [2.05, 4.69) is 5.32 Å². The second-order valence-corrected chi connectivity index (χ2v) is 8.14. The summed E-state index contributed by atoms with van der Waals surface area (Å²) in [5.41, 5.74) is 1.76. The summed E-state index contributed by atoms with van der Waals surface area (Å²) in [7, 11) is -3.60. The summed E-state index contributed by atoms with van der Waals surface area (Å²) >= 11 is 0. The van der Waals surface area contributed by atoms with Crippen LogP contribution in [0.1, 0.15) is 5.56 Å². The smallest absolute Gasteiger partial charge is 0.312 e. The van der Waals surface area contributed by atoms with Crippen molar-refractivity contribution >= 4 is 27.4 Å². The lowest BCUT2D eigenvalue weighted by Crippen LogP contribution is -2.40. The molecule has 2 atom stereocenters. The highest BCUT2D eigenvalue weighted by Gasteiger charge is 2.38. The van der Waals surface area contributed by atoms with Gasteiger partial charge in [0, 0.05) is 16.8 Å². The van der Waals surface area contributed by atoms with E-state index < -0.39 is 33.5 Å². The number of hydrogen-bond acceptors (Lipinski definition) is 5. The van der Waals surface area contributed by atoms with Crippen molar-refractivity contribution in [3.8, 4) is 17.2 Å². The molecule has 0 aromatic heterocycles. The van der Waals surface area contributed by atoms with Crippen LogP contribution < -0.4 is 5.32 Å². The predicted octanol–water partition coefficient (Wildman–Crippen LogP) is 1.81. The van der Waals surface area contributed by atoms with Crippen molar-refractivity contribution in [2.75, 3.05) is 0 Å². The van der Waals surface area contributed by atoms with E-state index in [1.807, 2.05) is 0 Å². The molecule has 2 heterocycles. The summed E-state index contributed by atoms with van der Waals surface area (Å²) in [5, 5.41) is 20.9. The van der Waals surface area contributed by atoms with Crippen molar-refractivity contribution in [3.63, 3.8) is 0 Å². The first-order chi connectivity index (χ1) is 12.8. The van der Waals surface area contributed by atoms with Gasteiger partial charge < -0.3 is 10.4 Å². The average Bonchev–Trinajstić information content (AvgIpc) is 2.88. The third kappa shape index (κ3) is 2.44. The Kier molecular flexibility index (Phi) is 3.64.